The summed E-state index contributed by atoms with van der Waals surface area (Å²) in [6.45, 7) is 18.0. The van der Waals surface area contributed by atoms with Crippen molar-refractivity contribution < 1.29 is 9.47 Å². The second-order valence-electron chi connectivity index (χ2n) is 5.76. The first-order valence-corrected chi connectivity index (χ1v) is 7.59. The summed E-state index contributed by atoms with van der Waals surface area (Å²) in [5.41, 5.74) is 0. The molecule has 0 atom stereocenters. The second kappa shape index (κ2) is 11.6. The first-order chi connectivity index (χ1) is 8.95. The third-order valence-corrected chi connectivity index (χ3v) is 2.99. The van der Waals surface area contributed by atoms with Crippen LogP contribution in [0.4, 0.5) is 0 Å². The lowest BCUT2D eigenvalue weighted by Gasteiger charge is -2.30. The lowest BCUT2D eigenvalue weighted by Crippen LogP contribution is -2.39. The summed E-state index contributed by atoms with van der Waals surface area (Å²) in [5, 5.41) is 3.31. The van der Waals surface area contributed by atoms with E-state index in [-0.39, 0.29) is 0 Å². The minimum absolute atomic E-state index is 0.526. The Morgan fingerprint density at radius 1 is 0.789 bits per heavy atom. The molecule has 4 heteroatoms. The molecule has 0 bridgehead atoms. The SMILES string of the molecule is CC(C)NCCOCCOCCN(C(C)C)C(C)C. The number of hydrogen-bond donors (Lipinski definition) is 1. The fraction of sp³-hybridized carbons (Fsp3) is 1.00. The van der Waals surface area contributed by atoms with E-state index in [1.165, 1.54) is 0 Å². The fourth-order valence-corrected chi connectivity index (χ4v) is 2.02. The molecular formula is C15H34N2O2. The van der Waals surface area contributed by atoms with Crippen LogP contribution < -0.4 is 5.32 Å². The molecule has 0 unspecified atom stereocenters. The monoisotopic (exact) mass is 274 g/mol. The normalized spacial score (nSPS) is 12.3. The van der Waals surface area contributed by atoms with Gasteiger partial charge in [0.05, 0.1) is 26.4 Å². The van der Waals surface area contributed by atoms with Gasteiger partial charge >= 0.3 is 0 Å². The molecule has 0 aliphatic heterocycles. The van der Waals surface area contributed by atoms with Gasteiger partial charge in [-0.05, 0) is 27.7 Å². The first kappa shape index (κ1) is 18.8. The predicted octanol–water partition coefficient (Wildman–Crippen LogP) is 2.14. The highest BCUT2D eigenvalue weighted by Gasteiger charge is 2.12. The van der Waals surface area contributed by atoms with Crippen LogP contribution in [-0.4, -0.2) is 62.5 Å². The van der Waals surface area contributed by atoms with E-state index in [0.29, 0.717) is 31.3 Å². The number of nitrogens with zero attached hydrogens (tertiary/aromatic N) is 1. The Morgan fingerprint density at radius 2 is 1.32 bits per heavy atom. The van der Waals surface area contributed by atoms with E-state index < -0.39 is 0 Å². The average molecular weight is 274 g/mol. The van der Waals surface area contributed by atoms with E-state index in [4.69, 9.17) is 9.47 Å². The van der Waals surface area contributed by atoms with Crippen LogP contribution in [0.5, 0.6) is 0 Å². The van der Waals surface area contributed by atoms with E-state index in [9.17, 15) is 0 Å². The zero-order valence-electron chi connectivity index (χ0n) is 13.7. The minimum atomic E-state index is 0.526. The zero-order valence-corrected chi connectivity index (χ0v) is 13.7. The molecule has 0 spiro atoms. The molecule has 0 aromatic heterocycles. The molecule has 0 aromatic rings. The molecule has 4 nitrogen and oxygen atoms in total. The van der Waals surface area contributed by atoms with Crippen molar-refractivity contribution in [1.82, 2.24) is 10.2 Å². The number of rotatable bonds is 12. The molecule has 0 aliphatic carbocycles. The van der Waals surface area contributed by atoms with Gasteiger partial charge in [-0.3, -0.25) is 4.90 Å². The summed E-state index contributed by atoms with van der Waals surface area (Å²) in [6, 6.07) is 1.67. The van der Waals surface area contributed by atoms with Crippen LogP contribution in [0.1, 0.15) is 41.5 Å². The highest BCUT2D eigenvalue weighted by Crippen LogP contribution is 2.03. The van der Waals surface area contributed by atoms with Crippen molar-refractivity contribution in [2.75, 3.05) is 39.5 Å². The zero-order chi connectivity index (χ0) is 14.7. The van der Waals surface area contributed by atoms with Crippen molar-refractivity contribution in [3.63, 3.8) is 0 Å². The largest absolute Gasteiger partial charge is 0.378 e. The van der Waals surface area contributed by atoms with Crippen LogP contribution in [0.25, 0.3) is 0 Å². The van der Waals surface area contributed by atoms with Crippen LogP contribution in [0.2, 0.25) is 0 Å². The third kappa shape index (κ3) is 11.4. The maximum absolute atomic E-state index is 5.61. The smallest absolute Gasteiger partial charge is 0.0701 e. The predicted molar refractivity (Wildman–Crippen MR) is 81.8 cm³/mol. The van der Waals surface area contributed by atoms with Crippen LogP contribution in [0, 0.1) is 0 Å². The Morgan fingerprint density at radius 3 is 1.79 bits per heavy atom. The molecule has 1 N–H and O–H groups in total. The number of hydrogen-bond acceptors (Lipinski definition) is 4. The molecule has 0 amide bonds. The molecule has 0 saturated carbocycles. The van der Waals surface area contributed by atoms with Crippen molar-refractivity contribution in [3.8, 4) is 0 Å². The van der Waals surface area contributed by atoms with Crippen molar-refractivity contribution in [3.05, 3.63) is 0 Å². The van der Waals surface area contributed by atoms with Gasteiger partial charge in [-0.25, -0.2) is 0 Å². The third-order valence-electron chi connectivity index (χ3n) is 2.99. The first-order valence-electron chi connectivity index (χ1n) is 7.59. The molecule has 0 aliphatic rings. The lowest BCUT2D eigenvalue weighted by molar-refractivity contribution is 0.0311. The molecule has 0 aromatic carbocycles. The Kier molecular flexibility index (Phi) is 11.6. The van der Waals surface area contributed by atoms with E-state index in [0.717, 1.165) is 26.3 Å². The van der Waals surface area contributed by atoms with E-state index in [1.54, 1.807) is 0 Å². The van der Waals surface area contributed by atoms with Crippen molar-refractivity contribution in [2.45, 2.75) is 59.7 Å². The number of ether oxygens (including phenoxy) is 2. The van der Waals surface area contributed by atoms with Crippen LogP contribution >= 0.6 is 0 Å². The highest BCUT2D eigenvalue weighted by atomic mass is 16.5. The maximum Gasteiger partial charge on any atom is 0.0701 e. The van der Waals surface area contributed by atoms with Gasteiger partial charge in [0.25, 0.3) is 0 Å². The highest BCUT2D eigenvalue weighted by molar-refractivity contribution is 4.66. The Balaban J connectivity index is 3.35. The molecule has 0 heterocycles. The van der Waals surface area contributed by atoms with Crippen molar-refractivity contribution >= 4 is 0 Å². The molecule has 0 fully saturated rings. The molecule has 0 rings (SSSR count). The van der Waals surface area contributed by atoms with Crippen LogP contribution in [-0.2, 0) is 9.47 Å². The van der Waals surface area contributed by atoms with Gasteiger partial charge < -0.3 is 14.8 Å². The molecular weight excluding hydrogens is 240 g/mol. The summed E-state index contributed by atoms with van der Waals surface area (Å²) >= 11 is 0. The second-order valence-corrected chi connectivity index (χ2v) is 5.76. The number of nitrogens with one attached hydrogen (secondary N) is 1. The summed E-state index contributed by atoms with van der Waals surface area (Å²) in [5.74, 6) is 0. The Labute approximate surface area is 119 Å². The summed E-state index contributed by atoms with van der Waals surface area (Å²) < 4.78 is 11.1. The van der Waals surface area contributed by atoms with Crippen molar-refractivity contribution in [1.29, 1.82) is 0 Å². The van der Waals surface area contributed by atoms with Gasteiger partial charge in [-0.2, -0.15) is 0 Å². The van der Waals surface area contributed by atoms with Crippen molar-refractivity contribution in [2.24, 2.45) is 0 Å². The fourth-order valence-electron chi connectivity index (χ4n) is 2.02. The van der Waals surface area contributed by atoms with Crippen LogP contribution in [0.3, 0.4) is 0 Å². The Hall–Kier alpha value is -0.160. The van der Waals surface area contributed by atoms with Gasteiger partial charge in [0.2, 0.25) is 0 Å². The van der Waals surface area contributed by atoms with Gasteiger partial charge in [0.1, 0.15) is 0 Å². The quantitative estimate of drug-likeness (QED) is 0.553. The summed E-state index contributed by atoms with van der Waals surface area (Å²) in [7, 11) is 0. The summed E-state index contributed by atoms with van der Waals surface area (Å²) in [6.07, 6.45) is 0. The summed E-state index contributed by atoms with van der Waals surface area (Å²) in [4.78, 5) is 2.44. The van der Waals surface area contributed by atoms with E-state index >= 15 is 0 Å². The topological polar surface area (TPSA) is 33.7 Å². The van der Waals surface area contributed by atoms with Gasteiger partial charge in [-0.1, -0.05) is 13.8 Å². The molecule has 19 heavy (non-hydrogen) atoms. The molecule has 0 radical (unpaired) electrons. The minimum Gasteiger partial charge on any atom is -0.378 e. The lowest BCUT2D eigenvalue weighted by atomic mass is 10.2. The Bertz CT molecular complexity index is 189. The van der Waals surface area contributed by atoms with E-state index in [1.807, 2.05) is 0 Å². The average Bonchev–Trinajstić information content (AvgIpc) is 2.30. The standard InChI is InChI=1S/C15H34N2O2/c1-13(2)16-7-9-18-11-12-19-10-8-17(14(3)4)15(5)6/h13-16H,7-12H2,1-6H3. The van der Waals surface area contributed by atoms with Gasteiger partial charge in [0.15, 0.2) is 0 Å². The maximum atomic E-state index is 5.61. The molecule has 0 saturated heterocycles. The van der Waals surface area contributed by atoms with E-state index in [2.05, 4.69) is 51.8 Å². The van der Waals surface area contributed by atoms with Crippen LogP contribution in [0.15, 0.2) is 0 Å². The van der Waals surface area contributed by atoms with Gasteiger partial charge in [-0.15, -0.1) is 0 Å². The van der Waals surface area contributed by atoms with Gasteiger partial charge in [0, 0.05) is 31.2 Å². The molecule has 116 valence electrons.